The van der Waals surface area contributed by atoms with Gasteiger partial charge in [-0.2, -0.15) is 4.21 Å². The maximum Gasteiger partial charge on any atom is 0.303 e. The van der Waals surface area contributed by atoms with Crippen molar-refractivity contribution in [3.05, 3.63) is 24.3 Å². The maximum absolute atomic E-state index is 10.1. The molecular formula is C7H10N2O3S. The molecule has 0 saturated heterocycles. The zero-order valence-corrected chi connectivity index (χ0v) is 7.58. The Balaban J connectivity index is 2.41. The van der Waals surface area contributed by atoms with Crippen LogP contribution in [0.4, 0.5) is 11.4 Å². The quantitative estimate of drug-likeness (QED) is 0.382. The number of rotatable bonds is 4. The van der Waals surface area contributed by atoms with E-state index in [4.69, 9.17) is 10.3 Å². The van der Waals surface area contributed by atoms with Crippen LogP contribution in [0.15, 0.2) is 24.3 Å². The van der Waals surface area contributed by atoms with Crippen LogP contribution in [0.25, 0.3) is 0 Å². The molecule has 1 aromatic carbocycles. The van der Waals surface area contributed by atoms with E-state index >= 15 is 0 Å². The van der Waals surface area contributed by atoms with E-state index in [0.717, 1.165) is 5.69 Å². The molecule has 6 heteroatoms. The number of hydrogen-bond donors (Lipinski definition) is 3. The second-order valence-corrected chi connectivity index (χ2v) is 2.95. The fraction of sp³-hybridized carbons (Fsp3) is 0.143. The number of nitrogens with two attached hydrogens (primary N) is 1. The summed E-state index contributed by atoms with van der Waals surface area (Å²) in [5.41, 5.74) is 6.86. The third kappa shape index (κ3) is 3.88. The van der Waals surface area contributed by atoms with E-state index in [1.54, 1.807) is 24.3 Å². The van der Waals surface area contributed by atoms with Gasteiger partial charge in [0.25, 0.3) is 0 Å². The van der Waals surface area contributed by atoms with Crippen LogP contribution in [-0.2, 0) is 15.5 Å². The molecule has 1 aromatic rings. The minimum atomic E-state index is -2.24. The van der Waals surface area contributed by atoms with Gasteiger partial charge in [0.15, 0.2) is 0 Å². The minimum absolute atomic E-state index is 0.0352. The average Bonchev–Trinajstić information content (AvgIpc) is 2.03. The normalized spacial score (nSPS) is 12.4. The topological polar surface area (TPSA) is 84.6 Å². The van der Waals surface area contributed by atoms with Crippen LogP contribution in [-0.4, -0.2) is 15.5 Å². The SMILES string of the molecule is Nc1cccc(NCOS(=O)O)c1. The summed E-state index contributed by atoms with van der Waals surface area (Å²) in [6, 6.07) is 6.99. The van der Waals surface area contributed by atoms with Crippen molar-refractivity contribution >= 4 is 22.7 Å². The molecule has 0 heterocycles. The van der Waals surface area contributed by atoms with Crippen LogP contribution >= 0.6 is 0 Å². The molecule has 1 rings (SSSR count). The summed E-state index contributed by atoms with van der Waals surface area (Å²) in [5.74, 6) is 0. The highest BCUT2D eigenvalue weighted by atomic mass is 32.2. The first kappa shape index (κ1) is 9.97. The lowest BCUT2D eigenvalue weighted by Crippen LogP contribution is -2.07. The van der Waals surface area contributed by atoms with Gasteiger partial charge in [-0.05, 0) is 18.2 Å². The average molecular weight is 202 g/mol. The maximum atomic E-state index is 10.1. The van der Waals surface area contributed by atoms with Crippen molar-refractivity contribution in [2.24, 2.45) is 0 Å². The Labute approximate surface area is 78.4 Å². The zero-order chi connectivity index (χ0) is 9.68. The molecule has 0 bridgehead atoms. The molecule has 0 saturated carbocycles. The van der Waals surface area contributed by atoms with Crippen molar-refractivity contribution < 1.29 is 12.9 Å². The fourth-order valence-corrected chi connectivity index (χ4v) is 0.972. The third-order valence-electron chi connectivity index (χ3n) is 1.32. The third-order valence-corrected chi connectivity index (χ3v) is 1.64. The van der Waals surface area contributed by atoms with E-state index in [-0.39, 0.29) is 6.73 Å². The first-order chi connectivity index (χ1) is 6.18. The summed E-state index contributed by atoms with van der Waals surface area (Å²) < 4.78 is 22.7. The second-order valence-electron chi connectivity index (χ2n) is 2.28. The molecule has 0 spiro atoms. The fourth-order valence-electron chi connectivity index (χ4n) is 0.812. The summed E-state index contributed by atoms with van der Waals surface area (Å²) >= 11 is -2.24. The predicted molar refractivity (Wildman–Crippen MR) is 51.2 cm³/mol. The Hall–Kier alpha value is -1.11. The Bertz CT molecular complexity index is 306. The van der Waals surface area contributed by atoms with Crippen LogP contribution in [0, 0.1) is 0 Å². The van der Waals surface area contributed by atoms with Gasteiger partial charge in [-0.1, -0.05) is 6.07 Å². The number of nitrogen functional groups attached to an aromatic ring is 1. The smallest absolute Gasteiger partial charge is 0.303 e. The van der Waals surface area contributed by atoms with E-state index in [9.17, 15) is 4.21 Å². The van der Waals surface area contributed by atoms with Gasteiger partial charge >= 0.3 is 11.4 Å². The van der Waals surface area contributed by atoms with Gasteiger partial charge in [-0.3, -0.25) is 4.55 Å². The minimum Gasteiger partial charge on any atom is -0.399 e. The van der Waals surface area contributed by atoms with Crippen molar-refractivity contribution in [3.8, 4) is 0 Å². The van der Waals surface area contributed by atoms with E-state index < -0.39 is 11.4 Å². The molecule has 5 nitrogen and oxygen atoms in total. The Morgan fingerprint density at radius 3 is 3.00 bits per heavy atom. The lowest BCUT2D eigenvalue weighted by molar-refractivity contribution is 0.330. The zero-order valence-electron chi connectivity index (χ0n) is 6.77. The van der Waals surface area contributed by atoms with Gasteiger partial charge < -0.3 is 11.1 Å². The highest BCUT2D eigenvalue weighted by Gasteiger charge is 1.94. The molecule has 13 heavy (non-hydrogen) atoms. The molecule has 0 radical (unpaired) electrons. The molecule has 1 unspecified atom stereocenters. The van der Waals surface area contributed by atoms with Gasteiger partial charge in [0.1, 0.15) is 6.73 Å². The number of hydrogen-bond acceptors (Lipinski definition) is 4. The van der Waals surface area contributed by atoms with Crippen molar-refractivity contribution in [3.63, 3.8) is 0 Å². The van der Waals surface area contributed by atoms with E-state index in [0.29, 0.717) is 5.69 Å². The molecule has 0 aliphatic rings. The summed E-state index contributed by atoms with van der Waals surface area (Å²) in [6.07, 6.45) is 0. The van der Waals surface area contributed by atoms with Crippen molar-refractivity contribution in [2.75, 3.05) is 17.8 Å². The molecule has 72 valence electrons. The molecule has 0 fully saturated rings. The largest absolute Gasteiger partial charge is 0.399 e. The summed E-state index contributed by atoms with van der Waals surface area (Å²) in [5, 5.41) is 2.76. The molecule has 0 aromatic heterocycles. The van der Waals surface area contributed by atoms with Crippen LogP contribution < -0.4 is 11.1 Å². The second kappa shape index (κ2) is 4.80. The van der Waals surface area contributed by atoms with Gasteiger partial charge in [0.05, 0.1) is 0 Å². The van der Waals surface area contributed by atoms with Gasteiger partial charge in [0, 0.05) is 11.4 Å². The Morgan fingerprint density at radius 1 is 1.62 bits per heavy atom. The first-order valence-corrected chi connectivity index (χ1v) is 4.55. The lowest BCUT2D eigenvalue weighted by Gasteiger charge is -2.04. The van der Waals surface area contributed by atoms with E-state index in [1.807, 2.05) is 0 Å². The summed E-state index contributed by atoms with van der Waals surface area (Å²) in [7, 11) is 0. The van der Waals surface area contributed by atoms with E-state index in [2.05, 4.69) is 9.50 Å². The number of anilines is 2. The van der Waals surface area contributed by atoms with Crippen molar-refractivity contribution in [1.29, 1.82) is 0 Å². The Morgan fingerprint density at radius 2 is 2.38 bits per heavy atom. The summed E-state index contributed by atoms with van der Waals surface area (Å²) in [6.45, 7) is -0.0352. The Kier molecular flexibility index (Phi) is 3.69. The standard InChI is InChI=1S/C7H10N2O3S/c8-6-2-1-3-7(4-6)9-5-12-13(10)11/h1-4,9H,5,8H2,(H,10,11). The molecule has 0 aliphatic heterocycles. The van der Waals surface area contributed by atoms with Gasteiger partial charge in [-0.15, -0.1) is 0 Å². The van der Waals surface area contributed by atoms with Gasteiger partial charge in [0.2, 0.25) is 0 Å². The first-order valence-electron chi connectivity index (χ1n) is 3.52. The van der Waals surface area contributed by atoms with Crippen molar-refractivity contribution in [2.45, 2.75) is 0 Å². The summed E-state index contributed by atoms with van der Waals surface area (Å²) in [4.78, 5) is 0. The van der Waals surface area contributed by atoms with Crippen LogP contribution in [0.3, 0.4) is 0 Å². The van der Waals surface area contributed by atoms with Crippen LogP contribution in [0.5, 0.6) is 0 Å². The highest BCUT2D eigenvalue weighted by Crippen LogP contribution is 2.10. The van der Waals surface area contributed by atoms with Crippen LogP contribution in [0.1, 0.15) is 0 Å². The highest BCUT2D eigenvalue weighted by molar-refractivity contribution is 7.74. The molecule has 0 amide bonds. The molecular weight excluding hydrogens is 192 g/mol. The number of benzene rings is 1. The number of nitrogens with one attached hydrogen (secondary N) is 1. The molecule has 0 aliphatic carbocycles. The van der Waals surface area contributed by atoms with E-state index in [1.165, 1.54) is 0 Å². The predicted octanol–water partition coefficient (Wildman–Crippen LogP) is 0.792. The van der Waals surface area contributed by atoms with Gasteiger partial charge in [-0.25, -0.2) is 4.18 Å². The molecule has 1 atom stereocenters. The monoisotopic (exact) mass is 202 g/mol. The van der Waals surface area contributed by atoms with Crippen molar-refractivity contribution in [1.82, 2.24) is 0 Å². The lowest BCUT2D eigenvalue weighted by atomic mass is 10.3. The van der Waals surface area contributed by atoms with Crippen LogP contribution in [0.2, 0.25) is 0 Å². The molecule has 4 N–H and O–H groups in total.